The normalized spacial score (nSPS) is 18.1. The van der Waals surface area contributed by atoms with Gasteiger partial charge in [-0.2, -0.15) is 0 Å². The Bertz CT molecular complexity index is 637. The molecule has 1 aliphatic rings. The van der Waals surface area contributed by atoms with Crippen LogP contribution in [0.2, 0.25) is 0 Å². The van der Waals surface area contributed by atoms with Crippen molar-refractivity contribution < 1.29 is 23.9 Å². The van der Waals surface area contributed by atoms with E-state index in [1.165, 1.54) is 11.8 Å². The molecule has 7 heteroatoms. The number of carbonyl (C=O) groups excluding carboxylic acids is 2. The summed E-state index contributed by atoms with van der Waals surface area (Å²) in [5, 5.41) is 8.99. The van der Waals surface area contributed by atoms with Gasteiger partial charge >= 0.3 is 5.97 Å². The van der Waals surface area contributed by atoms with Gasteiger partial charge in [-0.25, -0.2) is 0 Å². The van der Waals surface area contributed by atoms with Crippen LogP contribution < -0.4 is 0 Å². The van der Waals surface area contributed by atoms with Gasteiger partial charge in [0.25, 0.3) is 5.91 Å². The van der Waals surface area contributed by atoms with Crippen molar-refractivity contribution >= 4 is 17.8 Å². The maximum absolute atomic E-state index is 12.7. The fourth-order valence-corrected chi connectivity index (χ4v) is 3.25. The molecule has 0 aromatic carbocycles. The third kappa shape index (κ3) is 4.15. The quantitative estimate of drug-likeness (QED) is 0.905. The molecule has 0 bridgehead atoms. The lowest BCUT2D eigenvalue weighted by Crippen LogP contribution is -2.43. The molecule has 24 heavy (non-hydrogen) atoms. The van der Waals surface area contributed by atoms with Crippen LogP contribution in [0.5, 0.6) is 0 Å². The van der Waals surface area contributed by atoms with E-state index in [0.29, 0.717) is 43.0 Å². The van der Waals surface area contributed by atoms with Gasteiger partial charge in [0.15, 0.2) is 0 Å². The number of likely N-dealkylation sites (tertiary alicyclic amines) is 1. The van der Waals surface area contributed by atoms with E-state index in [1.807, 2.05) is 0 Å². The van der Waals surface area contributed by atoms with Crippen molar-refractivity contribution in [3.63, 3.8) is 0 Å². The van der Waals surface area contributed by atoms with Gasteiger partial charge in [-0.15, -0.1) is 0 Å². The Morgan fingerprint density at radius 1 is 1.29 bits per heavy atom. The zero-order valence-electron chi connectivity index (χ0n) is 14.4. The Balaban J connectivity index is 2.06. The van der Waals surface area contributed by atoms with E-state index in [-0.39, 0.29) is 24.4 Å². The van der Waals surface area contributed by atoms with Crippen LogP contribution in [-0.4, -0.2) is 58.4 Å². The van der Waals surface area contributed by atoms with Crippen molar-refractivity contribution in [3.05, 3.63) is 23.2 Å². The fraction of sp³-hybridized carbons (Fsp3) is 0.588. The summed E-state index contributed by atoms with van der Waals surface area (Å²) in [6.45, 7) is 5.75. The SMILES string of the molecule is CC(=O)N(CC(=O)O)[C@@H]1CCCN(C(=O)c2cc(C)oc2C)CC1. The molecule has 2 heterocycles. The van der Waals surface area contributed by atoms with Crippen molar-refractivity contribution in [2.45, 2.75) is 46.1 Å². The minimum Gasteiger partial charge on any atom is -0.480 e. The second-order valence-corrected chi connectivity index (χ2v) is 6.24. The summed E-state index contributed by atoms with van der Waals surface area (Å²) in [7, 11) is 0. The van der Waals surface area contributed by atoms with Gasteiger partial charge in [0.1, 0.15) is 18.1 Å². The van der Waals surface area contributed by atoms with Crippen LogP contribution in [0.25, 0.3) is 0 Å². The standard InChI is InChI=1S/C17H24N2O5/c1-11-9-15(12(2)24-11)17(23)18-7-4-5-14(6-8-18)19(13(3)20)10-16(21)22/h9,14H,4-8,10H2,1-3H3,(H,21,22)/t14-/m1/s1. The molecule has 1 atom stereocenters. The van der Waals surface area contributed by atoms with Crippen LogP contribution in [-0.2, 0) is 9.59 Å². The highest BCUT2D eigenvalue weighted by Gasteiger charge is 2.28. The van der Waals surface area contributed by atoms with Gasteiger partial charge in [-0.05, 0) is 39.2 Å². The number of nitrogens with zero attached hydrogens (tertiary/aromatic N) is 2. The highest BCUT2D eigenvalue weighted by atomic mass is 16.4. The van der Waals surface area contributed by atoms with E-state index >= 15 is 0 Å². The molecule has 2 amide bonds. The smallest absolute Gasteiger partial charge is 0.323 e. The molecule has 0 saturated carbocycles. The van der Waals surface area contributed by atoms with Crippen molar-refractivity contribution in [1.82, 2.24) is 9.80 Å². The number of hydrogen-bond donors (Lipinski definition) is 1. The summed E-state index contributed by atoms with van der Waals surface area (Å²) < 4.78 is 5.43. The molecule has 1 fully saturated rings. The molecule has 0 unspecified atom stereocenters. The number of aliphatic carboxylic acids is 1. The first-order valence-electron chi connectivity index (χ1n) is 8.15. The summed E-state index contributed by atoms with van der Waals surface area (Å²) >= 11 is 0. The number of carbonyl (C=O) groups is 3. The zero-order valence-corrected chi connectivity index (χ0v) is 14.4. The summed E-state index contributed by atoms with van der Waals surface area (Å²) in [5.74, 6) is -0.0322. The molecule has 1 aromatic heterocycles. The number of amides is 2. The molecule has 1 N–H and O–H groups in total. The highest BCUT2D eigenvalue weighted by Crippen LogP contribution is 2.21. The third-order valence-corrected chi connectivity index (χ3v) is 4.41. The van der Waals surface area contributed by atoms with E-state index in [0.717, 1.165) is 6.42 Å². The number of carboxylic acids is 1. The molecule has 7 nitrogen and oxygen atoms in total. The van der Waals surface area contributed by atoms with E-state index in [9.17, 15) is 14.4 Å². The average Bonchev–Trinajstić information content (AvgIpc) is 2.71. The monoisotopic (exact) mass is 336 g/mol. The van der Waals surface area contributed by atoms with Crippen LogP contribution in [0, 0.1) is 13.8 Å². The van der Waals surface area contributed by atoms with Crippen molar-refractivity contribution in [2.24, 2.45) is 0 Å². The summed E-state index contributed by atoms with van der Waals surface area (Å²) in [5.41, 5.74) is 0.569. The van der Waals surface area contributed by atoms with Gasteiger partial charge in [0.05, 0.1) is 5.56 Å². The molecule has 1 aromatic rings. The molecule has 1 aliphatic heterocycles. The lowest BCUT2D eigenvalue weighted by Gasteiger charge is -2.28. The first-order valence-corrected chi connectivity index (χ1v) is 8.15. The van der Waals surface area contributed by atoms with Crippen LogP contribution in [0.15, 0.2) is 10.5 Å². The average molecular weight is 336 g/mol. The number of rotatable bonds is 4. The van der Waals surface area contributed by atoms with Gasteiger partial charge in [-0.1, -0.05) is 0 Å². The molecular weight excluding hydrogens is 312 g/mol. The Hall–Kier alpha value is -2.31. The van der Waals surface area contributed by atoms with Crippen LogP contribution in [0.3, 0.4) is 0 Å². The number of hydrogen-bond acceptors (Lipinski definition) is 4. The number of carboxylic acid groups (broad SMARTS) is 1. The minimum absolute atomic E-state index is 0.0717. The fourth-order valence-electron chi connectivity index (χ4n) is 3.25. The molecule has 132 valence electrons. The van der Waals surface area contributed by atoms with Gasteiger partial charge < -0.3 is 19.3 Å². The highest BCUT2D eigenvalue weighted by molar-refractivity contribution is 5.95. The predicted molar refractivity (Wildman–Crippen MR) is 86.7 cm³/mol. The Morgan fingerprint density at radius 3 is 2.54 bits per heavy atom. The predicted octanol–water partition coefficient (Wildman–Crippen LogP) is 1.82. The van der Waals surface area contributed by atoms with E-state index < -0.39 is 5.97 Å². The van der Waals surface area contributed by atoms with Crippen molar-refractivity contribution in [1.29, 1.82) is 0 Å². The second-order valence-electron chi connectivity index (χ2n) is 6.24. The van der Waals surface area contributed by atoms with Gasteiger partial charge in [0.2, 0.25) is 5.91 Å². The largest absolute Gasteiger partial charge is 0.480 e. The summed E-state index contributed by atoms with van der Waals surface area (Å²) in [6, 6.07) is 1.59. The minimum atomic E-state index is -1.02. The number of furan rings is 1. The first-order chi connectivity index (χ1) is 11.3. The van der Waals surface area contributed by atoms with E-state index in [4.69, 9.17) is 9.52 Å². The summed E-state index contributed by atoms with van der Waals surface area (Å²) in [6.07, 6.45) is 2.00. The lowest BCUT2D eigenvalue weighted by atomic mass is 10.1. The second kappa shape index (κ2) is 7.51. The molecule has 1 saturated heterocycles. The first kappa shape index (κ1) is 18.0. The number of aryl methyl sites for hydroxylation is 2. The van der Waals surface area contributed by atoms with Crippen molar-refractivity contribution in [3.8, 4) is 0 Å². The van der Waals surface area contributed by atoms with Crippen LogP contribution >= 0.6 is 0 Å². The Labute approximate surface area is 141 Å². The molecule has 2 rings (SSSR count). The van der Waals surface area contributed by atoms with E-state index in [1.54, 1.807) is 24.8 Å². The lowest BCUT2D eigenvalue weighted by molar-refractivity contribution is -0.145. The van der Waals surface area contributed by atoms with Gasteiger partial charge in [0, 0.05) is 26.1 Å². The zero-order chi connectivity index (χ0) is 17.9. The maximum atomic E-state index is 12.7. The van der Waals surface area contributed by atoms with Crippen LogP contribution in [0.4, 0.5) is 0 Å². The third-order valence-electron chi connectivity index (χ3n) is 4.41. The Morgan fingerprint density at radius 2 is 2.00 bits per heavy atom. The molecule has 0 spiro atoms. The van der Waals surface area contributed by atoms with E-state index in [2.05, 4.69) is 0 Å². The van der Waals surface area contributed by atoms with Crippen LogP contribution in [0.1, 0.15) is 48.1 Å². The molecule has 0 radical (unpaired) electrons. The Kier molecular flexibility index (Phi) is 5.64. The maximum Gasteiger partial charge on any atom is 0.323 e. The molecule has 0 aliphatic carbocycles. The summed E-state index contributed by atoms with van der Waals surface area (Å²) in [4.78, 5) is 38.5. The topological polar surface area (TPSA) is 91.1 Å². The van der Waals surface area contributed by atoms with Crippen molar-refractivity contribution in [2.75, 3.05) is 19.6 Å². The van der Waals surface area contributed by atoms with Gasteiger partial charge in [-0.3, -0.25) is 14.4 Å². The molecular formula is C17H24N2O5.